The maximum atomic E-state index is 12.8. The lowest BCUT2D eigenvalue weighted by molar-refractivity contribution is -0.113. The number of amides is 2. The van der Waals surface area contributed by atoms with Crippen molar-refractivity contribution in [3.63, 3.8) is 0 Å². The summed E-state index contributed by atoms with van der Waals surface area (Å²) in [6.45, 7) is 3.66. The molecule has 0 radical (unpaired) electrons. The van der Waals surface area contributed by atoms with Crippen molar-refractivity contribution >= 4 is 50.9 Å². The first-order valence-electron chi connectivity index (χ1n) is 12.6. The summed E-state index contributed by atoms with van der Waals surface area (Å²) < 4.78 is 7.58. The number of fused-ring (bicyclic) bond motifs is 2. The number of hydrogen-bond acceptors (Lipinski definition) is 4. The minimum atomic E-state index is -0.0900. The number of carbonyl (C=O) groups excluding carboxylic acids is 2. The van der Waals surface area contributed by atoms with Gasteiger partial charge in [-0.05, 0) is 60.2 Å². The van der Waals surface area contributed by atoms with E-state index >= 15 is 0 Å². The van der Waals surface area contributed by atoms with Gasteiger partial charge in [-0.25, -0.2) is 0 Å². The van der Waals surface area contributed by atoms with Crippen molar-refractivity contribution in [2.75, 3.05) is 24.2 Å². The highest BCUT2D eigenvalue weighted by atomic mass is 32.2. The molecule has 2 amide bonds. The molecule has 0 atom stereocenters. The number of para-hydroxylation sites is 1. The second-order valence-corrected chi connectivity index (χ2v) is 9.83. The Balaban J connectivity index is 1.19. The summed E-state index contributed by atoms with van der Waals surface area (Å²) in [5.41, 5.74) is 2.46. The number of aromatic nitrogens is 1. The van der Waals surface area contributed by atoms with Crippen molar-refractivity contribution in [1.82, 2.24) is 9.88 Å². The van der Waals surface area contributed by atoms with Crippen molar-refractivity contribution in [3.05, 3.63) is 103 Å². The molecule has 2 N–H and O–H groups in total. The number of thioether (sulfide) groups is 1. The van der Waals surface area contributed by atoms with Crippen LogP contribution in [0.15, 0.2) is 102 Å². The molecule has 0 unspecified atom stereocenters. The number of nitrogens with one attached hydrogen (secondary N) is 2. The monoisotopic (exact) mass is 523 g/mol. The molecule has 1 heterocycles. The van der Waals surface area contributed by atoms with Gasteiger partial charge in [0.15, 0.2) is 0 Å². The fourth-order valence-corrected chi connectivity index (χ4v) is 5.27. The van der Waals surface area contributed by atoms with Crippen LogP contribution in [-0.4, -0.2) is 35.3 Å². The van der Waals surface area contributed by atoms with Crippen LogP contribution in [-0.2, 0) is 11.3 Å². The van der Waals surface area contributed by atoms with Gasteiger partial charge >= 0.3 is 0 Å². The van der Waals surface area contributed by atoms with Gasteiger partial charge in [0.05, 0.1) is 12.4 Å². The van der Waals surface area contributed by atoms with Gasteiger partial charge in [0.2, 0.25) is 5.91 Å². The largest absolute Gasteiger partial charge is 0.494 e. The van der Waals surface area contributed by atoms with Crippen LogP contribution in [0, 0.1) is 0 Å². The molecule has 0 aliphatic heterocycles. The first-order valence-corrected chi connectivity index (χ1v) is 13.6. The van der Waals surface area contributed by atoms with E-state index in [0.717, 1.165) is 38.0 Å². The van der Waals surface area contributed by atoms with Crippen LogP contribution in [0.1, 0.15) is 17.3 Å². The van der Waals surface area contributed by atoms with E-state index < -0.39 is 0 Å². The average molecular weight is 524 g/mol. The van der Waals surface area contributed by atoms with Gasteiger partial charge in [0.25, 0.3) is 5.91 Å². The van der Waals surface area contributed by atoms with Crippen molar-refractivity contribution in [1.29, 1.82) is 0 Å². The van der Waals surface area contributed by atoms with Crippen LogP contribution >= 0.6 is 11.8 Å². The third-order valence-electron chi connectivity index (χ3n) is 6.21. The van der Waals surface area contributed by atoms with Gasteiger partial charge in [-0.15, -0.1) is 11.8 Å². The molecule has 5 rings (SSSR count). The molecule has 192 valence electrons. The van der Waals surface area contributed by atoms with E-state index in [0.29, 0.717) is 31.0 Å². The van der Waals surface area contributed by atoms with Crippen molar-refractivity contribution in [3.8, 4) is 5.75 Å². The molecular weight excluding hydrogens is 494 g/mol. The molecule has 0 fully saturated rings. The molecule has 6 nitrogen and oxygen atoms in total. The average Bonchev–Trinajstić information content (AvgIpc) is 3.30. The molecule has 0 aliphatic carbocycles. The highest BCUT2D eigenvalue weighted by molar-refractivity contribution is 8.00. The molecule has 0 saturated heterocycles. The molecule has 0 saturated carbocycles. The third-order valence-corrected chi connectivity index (χ3v) is 7.25. The van der Waals surface area contributed by atoms with E-state index in [1.165, 1.54) is 11.8 Å². The molecular formula is C31H29N3O3S. The molecule has 1 aromatic heterocycles. The minimum Gasteiger partial charge on any atom is -0.494 e. The Bertz CT molecular complexity index is 1580. The zero-order valence-corrected chi connectivity index (χ0v) is 22.0. The number of nitrogens with zero attached hydrogens (tertiary/aromatic N) is 1. The summed E-state index contributed by atoms with van der Waals surface area (Å²) in [6.07, 6.45) is 2.06. The Morgan fingerprint density at radius 2 is 1.66 bits per heavy atom. The SMILES string of the molecule is CCOc1ccc(NC(=O)CSc2cn(CCNC(=O)c3ccc4ccccc4c3)c3ccccc23)cc1. The first-order chi connectivity index (χ1) is 18.6. The molecule has 4 aromatic carbocycles. The van der Waals surface area contributed by atoms with E-state index in [4.69, 9.17) is 4.74 Å². The van der Waals surface area contributed by atoms with Crippen LogP contribution in [0.2, 0.25) is 0 Å². The zero-order chi connectivity index (χ0) is 26.3. The number of hydrogen-bond donors (Lipinski definition) is 2. The Labute approximate surface area is 226 Å². The summed E-state index contributed by atoms with van der Waals surface area (Å²) in [7, 11) is 0. The minimum absolute atomic E-state index is 0.0707. The molecule has 5 aromatic rings. The van der Waals surface area contributed by atoms with Crippen molar-refractivity contribution in [2.24, 2.45) is 0 Å². The maximum absolute atomic E-state index is 12.8. The molecule has 0 bridgehead atoms. The topological polar surface area (TPSA) is 72.4 Å². The van der Waals surface area contributed by atoms with Gasteiger partial charge in [-0.3, -0.25) is 9.59 Å². The summed E-state index contributed by atoms with van der Waals surface area (Å²) in [5.74, 6) is 0.910. The fourth-order valence-electron chi connectivity index (χ4n) is 4.38. The predicted octanol–water partition coefficient (Wildman–Crippen LogP) is 6.35. The van der Waals surface area contributed by atoms with E-state index in [1.807, 2.05) is 85.8 Å². The maximum Gasteiger partial charge on any atom is 0.251 e. The van der Waals surface area contributed by atoms with E-state index in [-0.39, 0.29) is 11.8 Å². The normalized spacial score (nSPS) is 11.0. The molecule has 7 heteroatoms. The highest BCUT2D eigenvalue weighted by Gasteiger charge is 2.12. The summed E-state index contributed by atoms with van der Waals surface area (Å²) >= 11 is 1.50. The van der Waals surface area contributed by atoms with Crippen LogP contribution in [0.3, 0.4) is 0 Å². The Kier molecular flexibility index (Phi) is 7.95. The van der Waals surface area contributed by atoms with Crippen molar-refractivity contribution < 1.29 is 14.3 Å². The summed E-state index contributed by atoms with van der Waals surface area (Å²) in [6, 6.07) is 29.2. The zero-order valence-electron chi connectivity index (χ0n) is 21.1. The van der Waals surface area contributed by atoms with Gasteiger partial charge in [0.1, 0.15) is 5.75 Å². The van der Waals surface area contributed by atoms with Crippen LogP contribution in [0.5, 0.6) is 5.75 Å². The van der Waals surface area contributed by atoms with Gasteiger partial charge in [0, 0.05) is 46.3 Å². The highest BCUT2D eigenvalue weighted by Crippen LogP contribution is 2.30. The lowest BCUT2D eigenvalue weighted by atomic mass is 10.1. The second-order valence-electron chi connectivity index (χ2n) is 8.82. The number of carbonyl (C=O) groups is 2. The van der Waals surface area contributed by atoms with Crippen LogP contribution < -0.4 is 15.4 Å². The summed E-state index contributed by atoms with van der Waals surface area (Å²) in [5, 5.41) is 9.22. The quantitative estimate of drug-likeness (QED) is 0.209. The Morgan fingerprint density at radius 1 is 0.895 bits per heavy atom. The van der Waals surface area contributed by atoms with Crippen LogP contribution in [0.25, 0.3) is 21.7 Å². The Hall–Kier alpha value is -4.23. The number of rotatable bonds is 10. The fraction of sp³-hybridized carbons (Fsp3) is 0.161. The van der Waals surface area contributed by atoms with Crippen LogP contribution in [0.4, 0.5) is 5.69 Å². The number of ether oxygens (including phenoxy) is 1. The standard InChI is InChI=1S/C31H29N3O3S/c1-2-37-26-15-13-25(14-16-26)33-30(35)21-38-29-20-34(28-10-6-5-9-27(28)29)18-17-32-31(36)24-12-11-22-7-3-4-8-23(22)19-24/h3-16,19-20H,2,17-18,21H2,1H3,(H,32,36)(H,33,35). The third kappa shape index (κ3) is 6.01. The second kappa shape index (κ2) is 11.9. The molecule has 38 heavy (non-hydrogen) atoms. The van der Waals surface area contributed by atoms with Gasteiger partial charge < -0.3 is 19.9 Å². The van der Waals surface area contributed by atoms with E-state index in [1.54, 1.807) is 0 Å². The van der Waals surface area contributed by atoms with Gasteiger partial charge in [-0.2, -0.15) is 0 Å². The lowest BCUT2D eigenvalue weighted by Gasteiger charge is -2.08. The lowest BCUT2D eigenvalue weighted by Crippen LogP contribution is -2.27. The molecule has 0 aliphatic rings. The predicted molar refractivity (Wildman–Crippen MR) is 155 cm³/mol. The van der Waals surface area contributed by atoms with Crippen molar-refractivity contribution in [2.45, 2.75) is 18.4 Å². The summed E-state index contributed by atoms with van der Waals surface area (Å²) in [4.78, 5) is 26.4. The van der Waals surface area contributed by atoms with E-state index in [2.05, 4.69) is 33.5 Å². The first kappa shape index (κ1) is 25.4. The van der Waals surface area contributed by atoms with Gasteiger partial charge in [-0.1, -0.05) is 48.5 Å². The number of benzene rings is 4. The van der Waals surface area contributed by atoms with E-state index in [9.17, 15) is 9.59 Å². The molecule has 0 spiro atoms. The number of anilines is 1. The Morgan fingerprint density at radius 3 is 2.47 bits per heavy atom. The smallest absolute Gasteiger partial charge is 0.251 e.